The van der Waals surface area contributed by atoms with Gasteiger partial charge in [-0.1, -0.05) is 29.8 Å². The molecule has 1 aromatic carbocycles. The van der Waals surface area contributed by atoms with E-state index < -0.39 is 11.8 Å². The van der Waals surface area contributed by atoms with Crippen LogP contribution in [0.25, 0.3) is 0 Å². The lowest BCUT2D eigenvalue weighted by Gasteiger charge is -2.05. The number of hydrogen-bond donors (Lipinski definition) is 3. The highest BCUT2D eigenvalue weighted by Gasteiger charge is 2.13. The van der Waals surface area contributed by atoms with E-state index in [1.165, 1.54) is 0 Å². The van der Waals surface area contributed by atoms with E-state index in [0.29, 0.717) is 5.56 Å². The smallest absolute Gasteiger partial charge is 0.282 e. The van der Waals surface area contributed by atoms with E-state index in [1.807, 2.05) is 13.8 Å². The van der Waals surface area contributed by atoms with Crippen molar-refractivity contribution < 1.29 is 9.59 Å². The van der Waals surface area contributed by atoms with Crippen molar-refractivity contribution in [3.8, 4) is 0 Å². The molecule has 0 aliphatic heterocycles. The molecule has 1 heterocycles. The molecular formula is C14H15BrN4O2. The van der Waals surface area contributed by atoms with Gasteiger partial charge in [0.25, 0.3) is 11.8 Å². The Morgan fingerprint density at radius 2 is 1.76 bits per heavy atom. The predicted octanol–water partition coefficient (Wildman–Crippen LogP) is 2.37. The van der Waals surface area contributed by atoms with E-state index in [4.69, 9.17) is 0 Å². The molecule has 2 amide bonds. The van der Waals surface area contributed by atoms with Crippen molar-refractivity contribution in [3.05, 3.63) is 51.8 Å². The first-order valence-corrected chi connectivity index (χ1v) is 7.18. The molecule has 0 saturated heterocycles. The van der Waals surface area contributed by atoms with Gasteiger partial charge in [-0.15, -0.1) is 0 Å². The second-order valence-electron chi connectivity index (χ2n) is 4.78. The van der Waals surface area contributed by atoms with Crippen LogP contribution in [0.4, 0.5) is 0 Å². The Balaban J connectivity index is 1.94. The van der Waals surface area contributed by atoms with Crippen LogP contribution >= 0.6 is 15.9 Å². The molecule has 0 fully saturated rings. The number of rotatable bonds is 3. The number of hydrogen-bond acceptors (Lipinski definition) is 3. The maximum atomic E-state index is 11.9. The first-order valence-electron chi connectivity index (χ1n) is 6.39. The normalized spacial score (nSPS) is 10.5. The number of halogens is 1. The van der Waals surface area contributed by atoms with Crippen LogP contribution in [0.5, 0.6) is 0 Å². The van der Waals surface area contributed by atoms with E-state index in [1.54, 1.807) is 30.3 Å². The van der Waals surface area contributed by atoms with Gasteiger partial charge in [0.1, 0.15) is 0 Å². The first kappa shape index (κ1) is 15.2. The minimum Gasteiger partial charge on any atom is -0.282 e. The van der Waals surface area contributed by atoms with Crippen LogP contribution < -0.4 is 10.9 Å². The zero-order chi connectivity index (χ0) is 15.4. The van der Waals surface area contributed by atoms with Crippen LogP contribution in [0.15, 0.2) is 34.8 Å². The topological polar surface area (TPSA) is 86.9 Å². The number of hydrazine groups is 1. The van der Waals surface area contributed by atoms with Gasteiger partial charge in [0, 0.05) is 15.7 Å². The van der Waals surface area contributed by atoms with Crippen LogP contribution in [-0.4, -0.2) is 22.0 Å². The molecule has 0 bridgehead atoms. The second-order valence-corrected chi connectivity index (χ2v) is 5.69. The SMILES string of the molecule is CC(C)c1cc(C(=O)NNC(=O)c2ccc(Br)cc2)n[nH]1. The van der Waals surface area contributed by atoms with Crippen molar-refractivity contribution in [1.82, 2.24) is 21.0 Å². The minimum absolute atomic E-state index is 0.231. The van der Waals surface area contributed by atoms with Gasteiger partial charge in [0.05, 0.1) is 0 Å². The fraction of sp³-hybridized carbons (Fsp3) is 0.214. The Kier molecular flexibility index (Phi) is 4.74. The van der Waals surface area contributed by atoms with Crippen molar-refractivity contribution in [1.29, 1.82) is 0 Å². The summed E-state index contributed by atoms with van der Waals surface area (Å²) in [6.45, 7) is 3.98. The number of aromatic amines is 1. The largest absolute Gasteiger partial charge is 0.290 e. The molecule has 0 saturated carbocycles. The Morgan fingerprint density at radius 1 is 1.14 bits per heavy atom. The zero-order valence-corrected chi connectivity index (χ0v) is 13.2. The highest BCUT2D eigenvalue weighted by atomic mass is 79.9. The fourth-order valence-corrected chi connectivity index (χ4v) is 1.86. The Labute approximate surface area is 130 Å². The van der Waals surface area contributed by atoms with Crippen molar-refractivity contribution >= 4 is 27.7 Å². The summed E-state index contributed by atoms with van der Waals surface area (Å²) in [5, 5.41) is 6.69. The lowest BCUT2D eigenvalue weighted by Crippen LogP contribution is -2.41. The van der Waals surface area contributed by atoms with Crippen LogP contribution in [0.2, 0.25) is 0 Å². The highest BCUT2D eigenvalue weighted by Crippen LogP contribution is 2.12. The number of carbonyl (C=O) groups excluding carboxylic acids is 2. The number of nitrogens with zero attached hydrogens (tertiary/aromatic N) is 1. The molecule has 0 unspecified atom stereocenters. The summed E-state index contributed by atoms with van der Waals surface area (Å²) in [5.41, 5.74) is 6.22. The first-order chi connectivity index (χ1) is 9.97. The van der Waals surface area contributed by atoms with Gasteiger partial charge < -0.3 is 0 Å². The number of amides is 2. The third-order valence-electron chi connectivity index (χ3n) is 2.85. The zero-order valence-electron chi connectivity index (χ0n) is 11.6. The average molecular weight is 351 g/mol. The predicted molar refractivity (Wildman–Crippen MR) is 81.8 cm³/mol. The summed E-state index contributed by atoms with van der Waals surface area (Å²) in [4.78, 5) is 23.7. The number of H-pyrrole nitrogens is 1. The van der Waals surface area contributed by atoms with E-state index in [-0.39, 0.29) is 11.6 Å². The van der Waals surface area contributed by atoms with Gasteiger partial charge in [-0.3, -0.25) is 25.5 Å². The van der Waals surface area contributed by atoms with Gasteiger partial charge in [-0.2, -0.15) is 5.10 Å². The summed E-state index contributed by atoms with van der Waals surface area (Å²) in [5.74, 6) is -0.615. The van der Waals surface area contributed by atoms with Gasteiger partial charge in [0.15, 0.2) is 5.69 Å². The molecule has 110 valence electrons. The van der Waals surface area contributed by atoms with Crippen molar-refractivity contribution in [2.45, 2.75) is 19.8 Å². The molecule has 3 N–H and O–H groups in total. The van der Waals surface area contributed by atoms with Gasteiger partial charge in [-0.05, 0) is 36.2 Å². The Hall–Kier alpha value is -2.15. The molecular weight excluding hydrogens is 336 g/mol. The minimum atomic E-state index is -0.469. The van der Waals surface area contributed by atoms with E-state index in [9.17, 15) is 9.59 Å². The summed E-state index contributed by atoms with van der Waals surface area (Å²) in [6, 6.07) is 8.46. The number of nitrogens with one attached hydrogen (secondary N) is 3. The van der Waals surface area contributed by atoms with E-state index in [0.717, 1.165) is 10.2 Å². The van der Waals surface area contributed by atoms with E-state index >= 15 is 0 Å². The summed E-state index contributed by atoms with van der Waals surface area (Å²) < 4.78 is 0.876. The number of aromatic nitrogens is 2. The second kappa shape index (κ2) is 6.53. The monoisotopic (exact) mass is 350 g/mol. The third kappa shape index (κ3) is 3.91. The quantitative estimate of drug-likeness (QED) is 0.742. The lowest BCUT2D eigenvalue weighted by molar-refractivity contribution is 0.0844. The Morgan fingerprint density at radius 3 is 2.33 bits per heavy atom. The lowest BCUT2D eigenvalue weighted by atomic mass is 10.1. The standard InChI is InChI=1S/C14H15BrN4O2/c1-8(2)11-7-12(17-16-11)14(21)19-18-13(20)9-3-5-10(15)6-4-9/h3-8H,1-2H3,(H,16,17)(H,18,20)(H,19,21). The maximum Gasteiger partial charge on any atom is 0.290 e. The molecule has 0 spiro atoms. The van der Waals surface area contributed by atoms with Crippen molar-refractivity contribution in [2.24, 2.45) is 0 Å². The summed E-state index contributed by atoms with van der Waals surface area (Å²) in [7, 11) is 0. The molecule has 0 atom stereocenters. The summed E-state index contributed by atoms with van der Waals surface area (Å²) >= 11 is 3.29. The van der Waals surface area contributed by atoms with Crippen LogP contribution in [-0.2, 0) is 0 Å². The van der Waals surface area contributed by atoms with Gasteiger partial charge in [-0.25, -0.2) is 0 Å². The molecule has 0 radical (unpaired) electrons. The van der Waals surface area contributed by atoms with Crippen LogP contribution in [0, 0.1) is 0 Å². The fourth-order valence-electron chi connectivity index (χ4n) is 1.60. The molecule has 2 rings (SSSR count). The number of carbonyl (C=O) groups is 2. The summed E-state index contributed by atoms with van der Waals surface area (Å²) in [6.07, 6.45) is 0. The number of benzene rings is 1. The van der Waals surface area contributed by atoms with Crippen molar-refractivity contribution in [2.75, 3.05) is 0 Å². The van der Waals surface area contributed by atoms with Crippen molar-refractivity contribution in [3.63, 3.8) is 0 Å². The molecule has 0 aliphatic carbocycles. The molecule has 7 heteroatoms. The third-order valence-corrected chi connectivity index (χ3v) is 3.38. The molecule has 2 aromatic rings. The van der Waals surface area contributed by atoms with Crippen LogP contribution in [0.1, 0.15) is 46.3 Å². The van der Waals surface area contributed by atoms with Crippen LogP contribution in [0.3, 0.4) is 0 Å². The molecule has 6 nitrogen and oxygen atoms in total. The molecule has 0 aliphatic rings. The highest BCUT2D eigenvalue weighted by molar-refractivity contribution is 9.10. The van der Waals surface area contributed by atoms with Gasteiger partial charge >= 0.3 is 0 Å². The molecule has 21 heavy (non-hydrogen) atoms. The average Bonchev–Trinajstić information content (AvgIpc) is 2.95. The maximum absolute atomic E-state index is 11.9. The van der Waals surface area contributed by atoms with Gasteiger partial charge in [0.2, 0.25) is 0 Å². The Bertz CT molecular complexity index is 649. The molecule has 1 aromatic heterocycles. The van der Waals surface area contributed by atoms with E-state index in [2.05, 4.69) is 37.0 Å².